The molecule has 0 radical (unpaired) electrons. The number of ether oxygens (including phenoxy) is 2. The van der Waals surface area contributed by atoms with E-state index in [1.165, 1.54) is 19.2 Å². The number of allylic oxidation sites excluding steroid dienone is 1. The fourth-order valence-corrected chi connectivity index (χ4v) is 2.68. The third-order valence-electron chi connectivity index (χ3n) is 3.72. The standard InChI is InChI=1S/C16H18N2O6/c1-10-15(16(20)24-8-7-23-2)12(9-14(19)17-10)11-5-3-4-6-13(11)18(21)22/h3-6,12H,7-9H2,1-2H3,(H,17,19). The minimum Gasteiger partial charge on any atom is -0.460 e. The van der Waals surface area contributed by atoms with E-state index >= 15 is 0 Å². The second-order valence-corrected chi connectivity index (χ2v) is 5.29. The Bertz CT molecular complexity index is 698. The molecule has 0 saturated carbocycles. The van der Waals surface area contributed by atoms with Gasteiger partial charge in [0.1, 0.15) is 6.61 Å². The average molecular weight is 334 g/mol. The van der Waals surface area contributed by atoms with E-state index in [1.807, 2.05) is 0 Å². The van der Waals surface area contributed by atoms with Crippen LogP contribution in [-0.2, 0) is 19.1 Å². The number of nitro groups is 1. The molecule has 1 N–H and O–H groups in total. The van der Waals surface area contributed by atoms with Gasteiger partial charge >= 0.3 is 5.97 Å². The van der Waals surface area contributed by atoms with Crippen molar-refractivity contribution in [2.45, 2.75) is 19.3 Å². The van der Waals surface area contributed by atoms with E-state index in [0.29, 0.717) is 11.3 Å². The smallest absolute Gasteiger partial charge is 0.336 e. The lowest BCUT2D eigenvalue weighted by Gasteiger charge is -2.26. The first-order chi connectivity index (χ1) is 11.5. The zero-order valence-corrected chi connectivity index (χ0v) is 13.4. The number of nitrogens with zero attached hydrogens (tertiary/aromatic N) is 1. The van der Waals surface area contributed by atoms with Crippen LogP contribution in [0.2, 0.25) is 0 Å². The molecule has 8 heteroatoms. The lowest BCUT2D eigenvalue weighted by Crippen LogP contribution is -2.34. The fraction of sp³-hybridized carbons (Fsp3) is 0.375. The minimum atomic E-state index is -0.726. The molecule has 0 fully saturated rings. The second kappa shape index (κ2) is 7.69. The van der Waals surface area contributed by atoms with Crippen molar-refractivity contribution in [1.82, 2.24) is 5.32 Å². The Labute approximate surface area is 138 Å². The molecule has 0 bridgehead atoms. The van der Waals surface area contributed by atoms with E-state index in [1.54, 1.807) is 19.1 Å². The highest BCUT2D eigenvalue weighted by atomic mass is 16.6. The van der Waals surface area contributed by atoms with Crippen molar-refractivity contribution in [2.75, 3.05) is 20.3 Å². The second-order valence-electron chi connectivity index (χ2n) is 5.29. The Morgan fingerprint density at radius 1 is 1.38 bits per heavy atom. The predicted octanol–water partition coefficient (Wildman–Crippen LogP) is 1.66. The van der Waals surface area contributed by atoms with E-state index in [4.69, 9.17) is 9.47 Å². The fourth-order valence-electron chi connectivity index (χ4n) is 2.68. The molecule has 0 spiro atoms. The van der Waals surface area contributed by atoms with Crippen LogP contribution in [0.3, 0.4) is 0 Å². The summed E-state index contributed by atoms with van der Waals surface area (Å²) in [5.41, 5.74) is 0.749. The molecule has 1 unspecified atom stereocenters. The number of esters is 1. The topological polar surface area (TPSA) is 108 Å². The Kier molecular flexibility index (Phi) is 5.64. The number of para-hydroxylation sites is 1. The van der Waals surface area contributed by atoms with Gasteiger partial charge in [-0.1, -0.05) is 18.2 Å². The first-order valence-corrected chi connectivity index (χ1v) is 7.35. The number of carbonyl (C=O) groups excluding carboxylic acids is 2. The Balaban J connectivity index is 2.42. The molecular weight excluding hydrogens is 316 g/mol. The van der Waals surface area contributed by atoms with Crippen LogP contribution in [0.25, 0.3) is 0 Å². The van der Waals surface area contributed by atoms with E-state index < -0.39 is 16.8 Å². The third-order valence-corrected chi connectivity index (χ3v) is 3.72. The number of nitro benzene ring substituents is 1. The number of nitrogens with one attached hydrogen (secondary N) is 1. The van der Waals surface area contributed by atoms with Crippen molar-refractivity contribution in [1.29, 1.82) is 0 Å². The van der Waals surface area contributed by atoms with Crippen LogP contribution in [0.15, 0.2) is 35.5 Å². The zero-order valence-electron chi connectivity index (χ0n) is 13.4. The predicted molar refractivity (Wildman–Crippen MR) is 84.1 cm³/mol. The Morgan fingerprint density at radius 3 is 2.75 bits per heavy atom. The van der Waals surface area contributed by atoms with E-state index in [-0.39, 0.29) is 36.8 Å². The minimum absolute atomic E-state index is 0.0586. The summed E-state index contributed by atoms with van der Waals surface area (Å²) in [4.78, 5) is 35.0. The SMILES string of the molecule is COCCOC(=O)C1=C(C)NC(=O)CC1c1ccccc1[N+](=O)[O-]. The average Bonchev–Trinajstić information content (AvgIpc) is 2.54. The van der Waals surface area contributed by atoms with Gasteiger partial charge in [0.05, 0.1) is 17.1 Å². The van der Waals surface area contributed by atoms with Crippen LogP contribution in [0.4, 0.5) is 5.69 Å². The summed E-state index contributed by atoms with van der Waals surface area (Å²) < 4.78 is 9.97. The first-order valence-electron chi connectivity index (χ1n) is 7.35. The molecule has 1 amide bonds. The van der Waals surface area contributed by atoms with Crippen LogP contribution in [0.5, 0.6) is 0 Å². The van der Waals surface area contributed by atoms with Gasteiger partial charge in [0, 0.05) is 36.8 Å². The molecule has 1 aromatic carbocycles. The van der Waals surface area contributed by atoms with Gasteiger partial charge in [-0.15, -0.1) is 0 Å². The van der Waals surface area contributed by atoms with Gasteiger partial charge in [-0.25, -0.2) is 4.79 Å². The van der Waals surface area contributed by atoms with Crippen LogP contribution < -0.4 is 5.32 Å². The maximum Gasteiger partial charge on any atom is 0.336 e. The molecule has 8 nitrogen and oxygen atoms in total. The molecule has 0 aliphatic carbocycles. The van der Waals surface area contributed by atoms with Gasteiger partial charge in [0.25, 0.3) is 5.69 Å². The van der Waals surface area contributed by atoms with E-state index in [2.05, 4.69) is 5.32 Å². The number of hydrogen-bond acceptors (Lipinski definition) is 6. The van der Waals surface area contributed by atoms with Gasteiger partial charge in [-0.05, 0) is 6.92 Å². The van der Waals surface area contributed by atoms with Crippen molar-refractivity contribution in [3.63, 3.8) is 0 Å². The zero-order chi connectivity index (χ0) is 17.7. The lowest BCUT2D eigenvalue weighted by molar-refractivity contribution is -0.385. The van der Waals surface area contributed by atoms with E-state index in [9.17, 15) is 19.7 Å². The number of rotatable bonds is 6. The number of methoxy groups -OCH3 is 1. The largest absolute Gasteiger partial charge is 0.460 e. The molecule has 128 valence electrons. The molecule has 0 aromatic heterocycles. The molecule has 24 heavy (non-hydrogen) atoms. The highest BCUT2D eigenvalue weighted by Crippen LogP contribution is 2.37. The Hall–Kier alpha value is -2.74. The summed E-state index contributed by atoms with van der Waals surface area (Å²) >= 11 is 0. The summed E-state index contributed by atoms with van der Waals surface area (Å²) in [6, 6.07) is 6.08. The molecule has 1 aliphatic rings. The normalized spacial score (nSPS) is 17.4. The van der Waals surface area contributed by atoms with Crippen molar-refractivity contribution >= 4 is 17.6 Å². The first kappa shape index (κ1) is 17.6. The molecule has 0 saturated heterocycles. The maximum atomic E-state index is 12.4. The summed E-state index contributed by atoms with van der Waals surface area (Å²) in [6.45, 7) is 1.87. The van der Waals surface area contributed by atoms with Crippen molar-refractivity contribution in [3.8, 4) is 0 Å². The highest BCUT2D eigenvalue weighted by molar-refractivity contribution is 5.96. The summed E-state index contributed by atoms with van der Waals surface area (Å²) in [5, 5.41) is 13.9. The number of carbonyl (C=O) groups is 2. The Morgan fingerprint density at radius 2 is 2.08 bits per heavy atom. The van der Waals surface area contributed by atoms with Crippen molar-refractivity contribution < 1.29 is 24.0 Å². The van der Waals surface area contributed by atoms with Gasteiger partial charge < -0.3 is 14.8 Å². The van der Waals surface area contributed by atoms with Gasteiger partial charge in [0.15, 0.2) is 0 Å². The van der Waals surface area contributed by atoms with Gasteiger partial charge in [-0.3, -0.25) is 14.9 Å². The summed E-state index contributed by atoms with van der Waals surface area (Å²) in [6.07, 6.45) is -0.0586. The molecule has 2 rings (SSSR count). The number of benzene rings is 1. The van der Waals surface area contributed by atoms with Crippen LogP contribution in [0.1, 0.15) is 24.8 Å². The van der Waals surface area contributed by atoms with Crippen molar-refractivity contribution in [2.24, 2.45) is 0 Å². The van der Waals surface area contributed by atoms with Crippen LogP contribution >= 0.6 is 0 Å². The molecule has 1 atom stereocenters. The molecule has 1 aromatic rings. The van der Waals surface area contributed by atoms with Crippen molar-refractivity contribution in [3.05, 3.63) is 51.2 Å². The van der Waals surface area contributed by atoms with Crippen LogP contribution in [0, 0.1) is 10.1 Å². The number of hydrogen-bond donors (Lipinski definition) is 1. The van der Waals surface area contributed by atoms with Crippen LogP contribution in [-0.4, -0.2) is 37.1 Å². The summed E-state index contributed by atoms with van der Waals surface area (Å²) in [7, 11) is 1.48. The van der Waals surface area contributed by atoms with Gasteiger partial charge in [0.2, 0.25) is 5.91 Å². The lowest BCUT2D eigenvalue weighted by atomic mass is 9.83. The maximum absolute atomic E-state index is 12.4. The quantitative estimate of drug-likeness (QED) is 0.367. The number of amides is 1. The molecule has 1 heterocycles. The molecular formula is C16H18N2O6. The van der Waals surface area contributed by atoms with Gasteiger partial charge in [-0.2, -0.15) is 0 Å². The summed E-state index contributed by atoms with van der Waals surface area (Å²) in [5.74, 6) is -1.65. The monoisotopic (exact) mass is 334 g/mol. The highest BCUT2D eigenvalue weighted by Gasteiger charge is 2.36. The van der Waals surface area contributed by atoms with E-state index in [0.717, 1.165) is 0 Å². The molecule has 1 aliphatic heterocycles. The third kappa shape index (κ3) is 3.77.